The van der Waals surface area contributed by atoms with Gasteiger partial charge in [0, 0.05) is 25.3 Å². The summed E-state index contributed by atoms with van der Waals surface area (Å²) in [4.78, 5) is 32.0. The Hall–Kier alpha value is -3.13. The molecule has 0 atom stereocenters. The molecule has 0 bridgehead atoms. The molecule has 8 heteroatoms. The third-order valence-corrected chi connectivity index (χ3v) is 5.82. The van der Waals surface area contributed by atoms with Gasteiger partial charge in [-0.15, -0.1) is 0 Å². The molecule has 0 unspecified atom stereocenters. The lowest BCUT2D eigenvalue weighted by Crippen LogP contribution is -2.42. The van der Waals surface area contributed by atoms with Gasteiger partial charge < -0.3 is 19.4 Å². The first-order chi connectivity index (χ1) is 14.6. The maximum atomic E-state index is 13.1. The molecule has 2 aliphatic rings. The summed E-state index contributed by atoms with van der Waals surface area (Å²) >= 11 is 0. The van der Waals surface area contributed by atoms with E-state index in [4.69, 9.17) is 12.7 Å². The van der Waals surface area contributed by atoms with Gasteiger partial charge >= 0.3 is 0 Å². The Morgan fingerprint density at radius 2 is 1.87 bits per heavy atom. The van der Waals surface area contributed by atoms with E-state index in [1.165, 1.54) is 21.8 Å². The number of rotatable bonds is 3. The van der Waals surface area contributed by atoms with Gasteiger partial charge in [0.1, 0.15) is 11.2 Å². The number of nitrogens with zero attached hydrogens (tertiary/aromatic N) is 3. The molecule has 7 nitrogen and oxygen atoms in total. The molecule has 1 aromatic carbocycles. The van der Waals surface area contributed by atoms with Crippen LogP contribution in [0.25, 0.3) is 11.0 Å². The van der Waals surface area contributed by atoms with Crippen LogP contribution < -0.4 is 10.7 Å². The van der Waals surface area contributed by atoms with E-state index >= 15 is 0 Å². The van der Waals surface area contributed by atoms with E-state index in [1.807, 2.05) is 0 Å². The zero-order chi connectivity index (χ0) is 20.7. The van der Waals surface area contributed by atoms with Crippen LogP contribution in [0.5, 0.6) is 0 Å². The van der Waals surface area contributed by atoms with Crippen LogP contribution in [0.15, 0.2) is 47.5 Å². The predicted molar refractivity (Wildman–Crippen MR) is 115 cm³/mol. The van der Waals surface area contributed by atoms with Crippen molar-refractivity contribution in [3.63, 3.8) is 0 Å². The summed E-state index contributed by atoms with van der Waals surface area (Å²) in [5.41, 5.74) is 3.47. The van der Waals surface area contributed by atoms with Gasteiger partial charge in [-0.2, -0.15) is 0 Å². The first-order valence-corrected chi connectivity index (χ1v) is 10.1. The fraction of sp³-hybridized carbons (Fsp3) is 0.318. The van der Waals surface area contributed by atoms with Gasteiger partial charge in [0.05, 0.1) is 30.5 Å². The van der Waals surface area contributed by atoms with Crippen LogP contribution in [-0.2, 0) is 17.6 Å². The van der Waals surface area contributed by atoms with E-state index in [2.05, 4.69) is 34.6 Å². The fourth-order valence-electron chi connectivity index (χ4n) is 4.30. The van der Waals surface area contributed by atoms with Crippen molar-refractivity contribution in [1.82, 2.24) is 14.4 Å². The highest BCUT2D eigenvalue weighted by Gasteiger charge is 2.24. The second-order valence-corrected chi connectivity index (χ2v) is 7.80. The molecule has 1 N–H and O–H groups in total. The fourth-order valence-corrected chi connectivity index (χ4v) is 4.30. The van der Waals surface area contributed by atoms with Crippen LogP contribution in [0.2, 0.25) is 0 Å². The SMILES string of the molecule is [B]n1cc(C(=O)N2CCOCC2)c(=O)c2cc(NC3Cc4ccccc4C3)cnc21. The highest BCUT2D eigenvalue weighted by atomic mass is 16.5. The van der Waals surface area contributed by atoms with Crippen molar-refractivity contribution in [3.05, 3.63) is 69.6 Å². The summed E-state index contributed by atoms with van der Waals surface area (Å²) in [6.45, 7) is 1.86. The molecule has 1 saturated heterocycles. The van der Waals surface area contributed by atoms with E-state index < -0.39 is 0 Å². The van der Waals surface area contributed by atoms with Crippen molar-refractivity contribution in [2.24, 2.45) is 0 Å². The number of hydrogen-bond donors (Lipinski definition) is 1. The number of carbonyl (C=O) groups is 1. The van der Waals surface area contributed by atoms with Crippen LogP contribution in [0.3, 0.4) is 0 Å². The summed E-state index contributed by atoms with van der Waals surface area (Å²) < 4.78 is 6.54. The highest BCUT2D eigenvalue weighted by Crippen LogP contribution is 2.25. The lowest BCUT2D eigenvalue weighted by Gasteiger charge is -2.26. The molecule has 3 heterocycles. The number of pyridine rings is 2. The number of morpholine rings is 1. The zero-order valence-corrected chi connectivity index (χ0v) is 16.5. The minimum atomic E-state index is -0.353. The van der Waals surface area contributed by atoms with Crippen LogP contribution in [-0.4, -0.2) is 60.6 Å². The van der Waals surface area contributed by atoms with Crippen LogP contribution >= 0.6 is 0 Å². The van der Waals surface area contributed by atoms with Gasteiger partial charge in [0.2, 0.25) is 13.4 Å². The number of hydrogen-bond acceptors (Lipinski definition) is 5. The molecule has 5 rings (SSSR count). The molecule has 30 heavy (non-hydrogen) atoms. The molecule has 2 aromatic heterocycles. The molecule has 150 valence electrons. The molecule has 1 aliphatic heterocycles. The minimum absolute atomic E-state index is 0.0547. The van der Waals surface area contributed by atoms with Crippen LogP contribution in [0.1, 0.15) is 21.5 Å². The third kappa shape index (κ3) is 3.37. The molecular formula is C22H21BN4O3. The van der Waals surface area contributed by atoms with Gasteiger partial charge in [0.15, 0.2) is 0 Å². The second-order valence-electron chi connectivity index (χ2n) is 7.80. The van der Waals surface area contributed by atoms with Crippen molar-refractivity contribution >= 4 is 30.6 Å². The Kier molecular flexibility index (Phi) is 4.79. The number of anilines is 1. The van der Waals surface area contributed by atoms with Gasteiger partial charge in [-0.1, -0.05) is 24.3 Å². The number of benzene rings is 1. The Labute approximate surface area is 175 Å². The number of fused-ring (bicyclic) bond motifs is 2. The monoisotopic (exact) mass is 400 g/mol. The van der Waals surface area contributed by atoms with E-state index in [1.54, 1.807) is 17.2 Å². The summed E-state index contributed by atoms with van der Waals surface area (Å²) in [5.74, 6) is -0.325. The Bertz CT molecular complexity index is 1160. The van der Waals surface area contributed by atoms with Crippen LogP contribution in [0, 0.1) is 0 Å². The smallest absolute Gasteiger partial charge is 0.259 e. The van der Waals surface area contributed by atoms with Crippen molar-refractivity contribution < 1.29 is 9.53 Å². The number of nitrogens with one attached hydrogen (secondary N) is 1. The van der Waals surface area contributed by atoms with Crippen molar-refractivity contribution in [2.75, 3.05) is 31.6 Å². The van der Waals surface area contributed by atoms with Gasteiger partial charge in [-0.05, 0) is 30.0 Å². The summed E-state index contributed by atoms with van der Waals surface area (Å²) in [7, 11) is 6.06. The lowest BCUT2D eigenvalue weighted by atomic mass is 10.1. The van der Waals surface area contributed by atoms with Gasteiger partial charge in [0.25, 0.3) is 5.91 Å². The molecule has 0 saturated carbocycles. The zero-order valence-electron chi connectivity index (χ0n) is 16.5. The van der Waals surface area contributed by atoms with Gasteiger partial charge in [-0.3, -0.25) is 9.59 Å². The third-order valence-electron chi connectivity index (χ3n) is 5.82. The highest BCUT2D eigenvalue weighted by molar-refractivity contribution is 6.11. The van der Waals surface area contributed by atoms with Crippen molar-refractivity contribution in [3.8, 4) is 0 Å². The first-order valence-electron chi connectivity index (χ1n) is 10.1. The topological polar surface area (TPSA) is 76.5 Å². The Morgan fingerprint density at radius 1 is 1.17 bits per heavy atom. The van der Waals surface area contributed by atoms with Gasteiger partial charge in [-0.25, -0.2) is 4.98 Å². The van der Waals surface area contributed by atoms with E-state index in [0.29, 0.717) is 37.3 Å². The maximum Gasteiger partial charge on any atom is 0.259 e. The van der Waals surface area contributed by atoms with Crippen molar-refractivity contribution in [2.45, 2.75) is 18.9 Å². The minimum Gasteiger partial charge on any atom is -0.387 e. The van der Waals surface area contributed by atoms with E-state index in [9.17, 15) is 9.59 Å². The molecular weight excluding hydrogens is 379 g/mol. The standard InChI is InChI=1S/C22H21BN4O3/c23-27-13-19(22(29)26-5-7-30-8-6-26)20(28)18-11-17(12-24-21(18)27)25-16-9-14-3-1-2-4-15(14)10-16/h1-4,11-13,16,25H,5-10H2. The quantitative estimate of drug-likeness (QED) is 0.673. The van der Waals surface area contributed by atoms with E-state index in [0.717, 1.165) is 18.5 Å². The lowest BCUT2D eigenvalue weighted by molar-refractivity contribution is 0.0302. The molecule has 1 fully saturated rings. The normalized spacial score (nSPS) is 16.6. The molecule has 3 aromatic rings. The Morgan fingerprint density at radius 3 is 2.57 bits per heavy atom. The number of amides is 1. The first kappa shape index (κ1) is 18.9. The number of ether oxygens (including phenoxy) is 1. The largest absolute Gasteiger partial charge is 0.387 e. The predicted octanol–water partition coefficient (Wildman–Crippen LogP) is 1.38. The van der Waals surface area contributed by atoms with E-state index in [-0.39, 0.29) is 22.9 Å². The number of carbonyl (C=O) groups excluding carboxylic acids is 1. The average molecular weight is 400 g/mol. The number of aromatic nitrogens is 2. The average Bonchev–Trinajstić information content (AvgIpc) is 3.18. The molecule has 0 spiro atoms. The molecule has 1 aliphatic carbocycles. The second kappa shape index (κ2) is 7.61. The Balaban J connectivity index is 1.45. The van der Waals surface area contributed by atoms with Crippen LogP contribution in [0.4, 0.5) is 5.69 Å². The van der Waals surface area contributed by atoms with Crippen molar-refractivity contribution in [1.29, 1.82) is 0 Å². The molecule has 1 amide bonds. The molecule has 2 radical (unpaired) electrons. The summed E-state index contributed by atoms with van der Waals surface area (Å²) in [6, 6.07) is 10.4. The summed E-state index contributed by atoms with van der Waals surface area (Å²) in [6.07, 6.45) is 4.89. The summed E-state index contributed by atoms with van der Waals surface area (Å²) in [5, 5.41) is 3.81. The maximum absolute atomic E-state index is 13.1.